The van der Waals surface area contributed by atoms with Gasteiger partial charge in [-0.2, -0.15) is 0 Å². The largest absolute Gasteiger partial charge is 0.458 e. The Morgan fingerprint density at radius 1 is 0.895 bits per heavy atom. The maximum atomic E-state index is 12.3. The van der Waals surface area contributed by atoms with Crippen LogP contribution in [0, 0.1) is 10.1 Å². The number of carbonyl (C=O) groups is 2. The van der Waals surface area contributed by atoms with Crippen LogP contribution in [0.1, 0.15) is 60.8 Å². The third kappa shape index (κ3) is 6.97. The van der Waals surface area contributed by atoms with Crippen molar-refractivity contribution in [1.29, 1.82) is 0 Å². The number of aliphatic hydroxyl groups excluding tert-OH is 1. The number of nitro groups is 1. The van der Waals surface area contributed by atoms with E-state index >= 15 is 0 Å². The Morgan fingerprint density at radius 2 is 1.47 bits per heavy atom. The Hall–Kier alpha value is -1.94. The van der Waals surface area contributed by atoms with Gasteiger partial charge in [0, 0.05) is 45.6 Å². The SMILES string of the molecule is CO[C@H]1C[C@H](O)[C@H](O[C@@H]2C[C@@](C)([N+](=O)[O-])[C@@H](O[C@H]3C[C@H](OC(C)=O)[C@H](OC(C)=O)[C@H](C)O3)[C@H](C)O2)[C@H](C)O1. The average Bonchev–Trinajstić information content (AvgIpc) is 2.80. The molecule has 0 aliphatic carbocycles. The molecule has 3 fully saturated rings. The van der Waals surface area contributed by atoms with Gasteiger partial charge in [0.1, 0.15) is 12.2 Å². The summed E-state index contributed by atoms with van der Waals surface area (Å²) in [7, 11) is 1.47. The van der Waals surface area contributed by atoms with Crippen molar-refractivity contribution in [3.8, 4) is 0 Å². The molecular weight excluding hydrogens is 510 g/mol. The molecule has 12 atom stereocenters. The molecule has 3 heterocycles. The van der Waals surface area contributed by atoms with Crippen LogP contribution in [-0.2, 0) is 47.5 Å². The normalized spacial score (nSPS) is 43.7. The molecule has 0 unspecified atom stereocenters. The smallest absolute Gasteiger partial charge is 0.303 e. The van der Waals surface area contributed by atoms with E-state index in [4.69, 9.17) is 37.9 Å². The Labute approximate surface area is 221 Å². The number of methoxy groups -OCH3 is 1. The van der Waals surface area contributed by atoms with Gasteiger partial charge in [0.15, 0.2) is 31.1 Å². The lowest BCUT2D eigenvalue weighted by atomic mass is 9.85. The van der Waals surface area contributed by atoms with E-state index in [0.717, 1.165) is 0 Å². The van der Waals surface area contributed by atoms with E-state index in [1.165, 1.54) is 27.9 Å². The fourth-order valence-electron chi connectivity index (χ4n) is 5.32. The Morgan fingerprint density at radius 3 is 2.03 bits per heavy atom. The van der Waals surface area contributed by atoms with E-state index in [0.29, 0.717) is 0 Å². The van der Waals surface area contributed by atoms with E-state index < -0.39 is 90.1 Å². The highest BCUT2D eigenvalue weighted by atomic mass is 16.7. The Kier molecular flexibility index (Phi) is 10.1. The van der Waals surface area contributed by atoms with Crippen molar-refractivity contribution < 1.29 is 57.5 Å². The maximum absolute atomic E-state index is 12.3. The third-order valence-electron chi connectivity index (χ3n) is 7.15. The lowest BCUT2D eigenvalue weighted by molar-refractivity contribution is -0.599. The summed E-state index contributed by atoms with van der Waals surface area (Å²) in [5.74, 6) is -1.15. The molecule has 3 aliphatic rings. The predicted octanol–water partition coefficient (Wildman–Crippen LogP) is 1.07. The summed E-state index contributed by atoms with van der Waals surface area (Å²) in [6.07, 6.45) is -9.18. The summed E-state index contributed by atoms with van der Waals surface area (Å²) in [4.78, 5) is 35.1. The van der Waals surface area contributed by atoms with Gasteiger partial charge in [-0.1, -0.05) is 0 Å². The number of hydrogen-bond donors (Lipinski definition) is 1. The van der Waals surface area contributed by atoms with Crippen LogP contribution in [0.25, 0.3) is 0 Å². The molecule has 0 aromatic rings. The quantitative estimate of drug-likeness (QED) is 0.259. The molecule has 0 spiro atoms. The monoisotopic (exact) mass is 549 g/mol. The molecule has 0 radical (unpaired) electrons. The molecule has 14 heteroatoms. The zero-order chi connectivity index (χ0) is 28.4. The average molecular weight is 550 g/mol. The molecule has 0 amide bonds. The van der Waals surface area contributed by atoms with Gasteiger partial charge in [-0.05, 0) is 20.8 Å². The Balaban J connectivity index is 1.73. The van der Waals surface area contributed by atoms with E-state index in [1.807, 2.05) is 0 Å². The summed E-state index contributed by atoms with van der Waals surface area (Å²) < 4.78 is 45.4. The minimum Gasteiger partial charge on any atom is -0.458 e. The summed E-state index contributed by atoms with van der Waals surface area (Å²) in [5, 5.41) is 22.9. The second-order valence-corrected chi connectivity index (χ2v) is 10.3. The molecule has 3 aliphatic heterocycles. The zero-order valence-corrected chi connectivity index (χ0v) is 22.8. The highest BCUT2D eigenvalue weighted by molar-refractivity contribution is 5.67. The van der Waals surface area contributed by atoms with Crippen molar-refractivity contribution in [3.05, 3.63) is 10.1 Å². The molecule has 0 aromatic heterocycles. The molecule has 0 bridgehead atoms. The van der Waals surface area contributed by atoms with Gasteiger partial charge in [0.05, 0.1) is 30.8 Å². The highest BCUT2D eigenvalue weighted by Crippen LogP contribution is 2.38. The first-order chi connectivity index (χ1) is 17.7. The minimum absolute atomic E-state index is 0.0113. The van der Waals surface area contributed by atoms with E-state index in [2.05, 4.69) is 0 Å². The fourth-order valence-corrected chi connectivity index (χ4v) is 5.32. The van der Waals surface area contributed by atoms with Gasteiger partial charge < -0.3 is 43.0 Å². The summed E-state index contributed by atoms with van der Waals surface area (Å²) >= 11 is 0. The number of ether oxygens (including phenoxy) is 8. The Bertz CT molecular complexity index is 845. The second-order valence-electron chi connectivity index (χ2n) is 10.3. The minimum atomic E-state index is -1.66. The van der Waals surface area contributed by atoms with Crippen LogP contribution in [0.4, 0.5) is 0 Å². The van der Waals surface area contributed by atoms with Crippen molar-refractivity contribution in [1.82, 2.24) is 0 Å². The van der Waals surface area contributed by atoms with Crippen molar-refractivity contribution in [2.45, 2.75) is 134 Å². The predicted molar refractivity (Wildman–Crippen MR) is 126 cm³/mol. The van der Waals surface area contributed by atoms with E-state index in [9.17, 15) is 24.8 Å². The molecule has 3 saturated heterocycles. The lowest BCUT2D eigenvalue weighted by Gasteiger charge is -2.46. The van der Waals surface area contributed by atoms with Crippen LogP contribution in [-0.4, -0.2) is 102 Å². The van der Waals surface area contributed by atoms with Crippen molar-refractivity contribution in [2.75, 3.05) is 7.11 Å². The number of rotatable bonds is 8. The number of carbonyl (C=O) groups excluding carboxylic acids is 2. The van der Waals surface area contributed by atoms with Crippen molar-refractivity contribution in [3.63, 3.8) is 0 Å². The van der Waals surface area contributed by atoms with E-state index in [-0.39, 0.29) is 19.3 Å². The summed E-state index contributed by atoms with van der Waals surface area (Å²) in [6.45, 7) is 8.86. The van der Waals surface area contributed by atoms with Gasteiger partial charge in [0.25, 0.3) is 5.54 Å². The molecule has 3 rings (SSSR count). The summed E-state index contributed by atoms with van der Waals surface area (Å²) in [5.41, 5.74) is -1.66. The maximum Gasteiger partial charge on any atom is 0.303 e. The molecule has 38 heavy (non-hydrogen) atoms. The number of aliphatic hydroxyl groups is 1. The topological polar surface area (TPSA) is 171 Å². The number of nitrogens with zero attached hydrogens (tertiary/aromatic N) is 1. The second kappa shape index (κ2) is 12.5. The number of hydrogen-bond acceptors (Lipinski definition) is 13. The van der Waals surface area contributed by atoms with Gasteiger partial charge in [-0.15, -0.1) is 0 Å². The fraction of sp³-hybridized carbons (Fsp3) is 0.917. The van der Waals surface area contributed by atoms with Gasteiger partial charge >= 0.3 is 11.9 Å². The van der Waals surface area contributed by atoms with Crippen molar-refractivity contribution >= 4 is 11.9 Å². The van der Waals surface area contributed by atoms with Crippen molar-refractivity contribution in [2.24, 2.45) is 0 Å². The highest BCUT2D eigenvalue weighted by Gasteiger charge is 2.58. The first-order valence-electron chi connectivity index (χ1n) is 12.7. The van der Waals surface area contributed by atoms with Crippen LogP contribution in [0.3, 0.4) is 0 Å². The van der Waals surface area contributed by atoms with Crippen LogP contribution in [0.15, 0.2) is 0 Å². The molecule has 0 saturated carbocycles. The molecule has 218 valence electrons. The molecular formula is C24H39NO13. The third-order valence-corrected chi connectivity index (χ3v) is 7.15. The van der Waals surface area contributed by atoms with Gasteiger partial charge in [0.2, 0.25) is 0 Å². The van der Waals surface area contributed by atoms with Gasteiger partial charge in [-0.25, -0.2) is 0 Å². The molecule has 0 aromatic carbocycles. The summed E-state index contributed by atoms with van der Waals surface area (Å²) in [6, 6.07) is 0. The zero-order valence-electron chi connectivity index (χ0n) is 22.8. The number of esters is 2. The first-order valence-corrected chi connectivity index (χ1v) is 12.7. The molecule has 1 N–H and O–H groups in total. The standard InChI is InChI=1S/C24H39NO13/c1-11-21(16(28)8-18(31-7)32-11)37-20-10-24(6,25(29)30)23(13(3)34-20)38-19-9-17(35-14(4)26)22(12(2)33-19)36-15(5)27/h11-13,16-23,28H,8-10H2,1-7H3/t11-,12-,13-,16-,17-,18+,19-,20+,21+,22+,23-,24+/m0/s1. The van der Waals surface area contributed by atoms with Crippen LogP contribution >= 0.6 is 0 Å². The molecule has 14 nitrogen and oxygen atoms in total. The van der Waals surface area contributed by atoms with E-state index in [1.54, 1.807) is 20.8 Å². The lowest BCUT2D eigenvalue weighted by Crippen LogP contribution is -2.63. The van der Waals surface area contributed by atoms with Crippen LogP contribution in [0.2, 0.25) is 0 Å². The van der Waals surface area contributed by atoms with Gasteiger partial charge in [-0.3, -0.25) is 19.7 Å². The first kappa shape index (κ1) is 30.6. The van der Waals surface area contributed by atoms with Crippen LogP contribution < -0.4 is 0 Å². The van der Waals surface area contributed by atoms with Crippen LogP contribution in [0.5, 0.6) is 0 Å².